The van der Waals surface area contributed by atoms with Crippen LogP contribution in [-0.2, 0) is 0 Å². The molecule has 0 spiro atoms. The lowest BCUT2D eigenvalue weighted by Crippen LogP contribution is -2.45. The molecule has 4 heteroatoms. The normalized spacial score (nSPS) is 16.0. The molecular formula is C45H34N4. The van der Waals surface area contributed by atoms with E-state index in [-0.39, 0.29) is 12.3 Å². The molecule has 8 rings (SSSR count). The number of aliphatic imine (C=N–C) groups is 1. The second-order valence-electron chi connectivity index (χ2n) is 12.4. The van der Waals surface area contributed by atoms with Crippen LogP contribution in [0.5, 0.6) is 0 Å². The number of benzene rings is 7. The Bertz CT molecular complexity index is 2320. The maximum Gasteiger partial charge on any atom is 0.132 e. The Hall–Kier alpha value is -6.28. The molecule has 0 saturated heterocycles. The molecule has 0 fully saturated rings. The molecule has 0 bridgehead atoms. The van der Waals surface area contributed by atoms with Crippen molar-refractivity contribution in [2.75, 3.05) is 7.05 Å². The van der Waals surface area contributed by atoms with Gasteiger partial charge in [-0.3, -0.25) is 4.90 Å². The number of hydrogen-bond acceptors (Lipinski definition) is 4. The Morgan fingerprint density at radius 1 is 0.551 bits per heavy atom. The fourth-order valence-corrected chi connectivity index (χ4v) is 6.95. The van der Waals surface area contributed by atoms with E-state index < -0.39 is 0 Å². The Morgan fingerprint density at radius 2 is 1.16 bits per heavy atom. The van der Waals surface area contributed by atoms with E-state index in [4.69, 9.17) is 4.99 Å². The lowest BCUT2D eigenvalue weighted by molar-refractivity contribution is 0.152. The minimum atomic E-state index is -0.130. The van der Waals surface area contributed by atoms with E-state index in [1.165, 1.54) is 21.9 Å². The summed E-state index contributed by atoms with van der Waals surface area (Å²) in [7, 11) is 2.13. The van der Waals surface area contributed by atoms with Gasteiger partial charge in [0.15, 0.2) is 0 Å². The molecular weight excluding hydrogens is 597 g/mol. The first-order valence-electron chi connectivity index (χ1n) is 16.6. The summed E-state index contributed by atoms with van der Waals surface area (Å²) >= 11 is 0. The average Bonchev–Trinajstić information content (AvgIpc) is 3.18. The first-order chi connectivity index (χ1) is 24.2. The number of nitriles is 1. The minimum Gasteiger partial charge on any atom is -0.350 e. The van der Waals surface area contributed by atoms with Crippen molar-refractivity contribution in [3.8, 4) is 39.4 Å². The van der Waals surface area contributed by atoms with E-state index in [1.54, 1.807) is 0 Å². The molecule has 0 aromatic heterocycles. The molecule has 234 valence electrons. The van der Waals surface area contributed by atoms with Crippen LogP contribution < -0.4 is 5.32 Å². The van der Waals surface area contributed by atoms with Crippen LogP contribution in [0.4, 0.5) is 0 Å². The van der Waals surface area contributed by atoms with Gasteiger partial charge in [-0.25, -0.2) is 4.99 Å². The van der Waals surface area contributed by atoms with Crippen molar-refractivity contribution in [2.45, 2.75) is 12.3 Å². The molecule has 1 aliphatic rings. The van der Waals surface area contributed by atoms with Crippen molar-refractivity contribution in [3.05, 3.63) is 192 Å². The fourth-order valence-electron chi connectivity index (χ4n) is 6.95. The lowest BCUT2D eigenvalue weighted by atomic mass is 9.88. The Morgan fingerprint density at radius 3 is 1.90 bits per heavy atom. The van der Waals surface area contributed by atoms with Crippen molar-refractivity contribution in [2.24, 2.45) is 4.99 Å². The predicted molar refractivity (Wildman–Crippen MR) is 201 cm³/mol. The smallest absolute Gasteiger partial charge is 0.132 e. The van der Waals surface area contributed by atoms with E-state index in [0.717, 1.165) is 44.8 Å². The van der Waals surface area contributed by atoms with E-state index in [2.05, 4.69) is 157 Å². The zero-order chi connectivity index (χ0) is 33.2. The quantitative estimate of drug-likeness (QED) is 0.199. The van der Waals surface area contributed by atoms with Crippen molar-refractivity contribution >= 4 is 16.6 Å². The Kier molecular flexibility index (Phi) is 8.03. The van der Waals surface area contributed by atoms with E-state index >= 15 is 0 Å². The summed E-state index contributed by atoms with van der Waals surface area (Å²) in [4.78, 5) is 7.47. The summed E-state index contributed by atoms with van der Waals surface area (Å²) in [5.41, 5.74) is 10.7. The second kappa shape index (κ2) is 13.1. The molecule has 0 saturated carbocycles. The minimum absolute atomic E-state index is 0.0808. The van der Waals surface area contributed by atoms with Crippen LogP contribution in [0.15, 0.2) is 175 Å². The highest BCUT2D eigenvalue weighted by Gasteiger charge is 2.31. The third-order valence-electron chi connectivity index (χ3n) is 9.46. The van der Waals surface area contributed by atoms with Crippen LogP contribution in [0.2, 0.25) is 0 Å². The molecule has 0 radical (unpaired) electrons. The number of rotatable bonds is 6. The third kappa shape index (κ3) is 5.78. The molecule has 1 N–H and O–H groups in total. The Labute approximate surface area is 287 Å². The number of nitrogens with zero attached hydrogens (tertiary/aromatic N) is 3. The van der Waals surface area contributed by atoms with Crippen molar-refractivity contribution in [1.82, 2.24) is 10.2 Å². The van der Waals surface area contributed by atoms with Gasteiger partial charge in [-0.2, -0.15) is 5.26 Å². The van der Waals surface area contributed by atoms with Crippen molar-refractivity contribution in [3.63, 3.8) is 0 Å². The van der Waals surface area contributed by atoms with Crippen molar-refractivity contribution < 1.29 is 0 Å². The number of nitrogens with one attached hydrogen (secondary N) is 1. The summed E-state index contributed by atoms with van der Waals surface area (Å²) < 4.78 is 0. The summed E-state index contributed by atoms with van der Waals surface area (Å²) in [5, 5.41) is 15.8. The highest BCUT2D eigenvalue weighted by atomic mass is 15.4. The zero-order valence-corrected chi connectivity index (χ0v) is 27.2. The van der Waals surface area contributed by atoms with Gasteiger partial charge in [0.25, 0.3) is 0 Å². The molecule has 0 amide bonds. The standard InChI is InChI=1S/C45H34N4/c1-49-44(36-15-6-3-7-16-36)47-43(35-13-4-2-5-14-35)48-45(49)37-26-24-34(25-27-37)42-40-19-11-8-12-31(40)28-29-41(42)33-22-20-32(21-23-33)39-18-10-9-17-38(39)30-46/h2-29,44-45H,1H3,(H,47,48). The molecule has 49 heavy (non-hydrogen) atoms. The Balaban J connectivity index is 1.18. The van der Waals surface area contributed by atoms with Gasteiger partial charge in [-0.05, 0) is 68.4 Å². The van der Waals surface area contributed by atoms with Crippen LogP contribution in [-0.4, -0.2) is 17.8 Å². The molecule has 0 aliphatic carbocycles. The van der Waals surface area contributed by atoms with Gasteiger partial charge in [0, 0.05) is 5.56 Å². The van der Waals surface area contributed by atoms with E-state index in [9.17, 15) is 5.26 Å². The molecule has 7 aromatic carbocycles. The van der Waals surface area contributed by atoms with E-state index in [1.807, 2.05) is 36.4 Å². The maximum absolute atomic E-state index is 9.66. The van der Waals surface area contributed by atoms with Crippen molar-refractivity contribution in [1.29, 1.82) is 5.26 Å². The lowest BCUT2D eigenvalue weighted by Gasteiger charge is -2.39. The molecule has 1 heterocycles. The molecule has 2 unspecified atom stereocenters. The zero-order valence-electron chi connectivity index (χ0n) is 27.2. The topological polar surface area (TPSA) is 51.4 Å². The summed E-state index contributed by atoms with van der Waals surface area (Å²) in [6.45, 7) is 0. The molecule has 2 atom stereocenters. The first-order valence-corrected chi connectivity index (χ1v) is 16.6. The largest absolute Gasteiger partial charge is 0.350 e. The first kappa shape index (κ1) is 30.1. The summed E-state index contributed by atoms with van der Waals surface area (Å²) in [5.74, 6) is 0.888. The molecule has 4 nitrogen and oxygen atoms in total. The van der Waals surface area contributed by atoms with Gasteiger partial charge in [0.2, 0.25) is 0 Å². The van der Waals surface area contributed by atoms with Gasteiger partial charge in [-0.15, -0.1) is 0 Å². The van der Waals surface area contributed by atoms with Crippen LogP contribution in [0.3, 0.4) is 0 Å². The number of amidine groups is 1. The SMILES string of the molecule is CN1C(c2ccccc2)N=C(c2ccccc2)NC1c1ccc(-c2c(-c3ccc(-c4ccccc4C#N)cc3)ccc3ccccc23)cc1. The number of hydrogen-bond donors (Lipinski definition) is 1. The van der Waals surface area contributed by atoms with Crippen LogP contribution in [0.1, 0.15) is 34.6 Å². The average molecular weight is 631 g/mol. The second-order valence-corrected chi connectivity index (χ2v) is 12.4. The highest BCUT2D eigenvalue weighted by molar-refractivity contribution is 6.04. The third-order valence-corrected chi connectivity index (χ3v) is 9.46. The van der Waals surface area contributed by atoms with Gasteiger partial charge >= 0.3 is 0 Å². The maximum atomic E-state index is 9.66. The molecule has 7 aromatic rings. The fraction of sp³-hybridized carbons (Fsp3) is 0.0667. The van der Waals surface area contributed by atoms with E-state index in [0.29, 0.717) is 5.56 Å². The van der Waals surface area contributed by atoms with Crippen LogP contribution in [0.25, 0.3) is 44.2 Å². The van der Waals surface area contributed by atoms with Gasteiger partial charge in [-0.1, -0.05) is 164 Å². The monoisotopic (exact) mass is 630 g/mol. The summed E-state index contributed by atoms with van der Waals surface area (Å²) in [6.07, 6.45) is -0.210. The van der Waals surface area contributed by atoms with Crippen LogP contribution in [0, 0.1) is 11.3 Å². The van der Waals surface area contributed by atoms with Crippen LogP contribution >= 0.6 is 0 Å². The predicted octanol–water partition coefficient (Wildman–Crippen LogP) is 10.4. The summed E-state index contributed by atoms with van der Waals surface area (Å²) in [6, 6.07) is 61.5. The van der Waals surface area contributed by atoms with Gasteiger partial charge < -0.3 is 5.32 Å². The van der Waals surface area contributed by atoms with Gasteiger partial charge in [0.1, 0.15) is 18.2 Å². The highest BCUT2D eigenvalue weighted by Crippen LogP contribution is 2.40. The van der Waals surface area contributed by atoms with Gasteiger partial charge in [0.05, 0.1) is 11.6 Å². The molecule has 1 aliphatic heterocycles. The number of fused-ring (bicyclic) bond motifs is 1.